The Kier molecular flexibility index (Phi) is 8.81. The van der Waals surface area contributed by atoms with Crippen LogP contribution in [0.1, 0.15) is 98.4 Å². The van der Waals surface area contributed by atoms with E-state index < -0.39 is 5.97 Å². The Morgan fingerprint density at radius 1 is 1.32 bits per heavy atom. The van der Waals surface area contributed by atoms with E-state index in [9.17, 15) is 9.90 Å². The van der Waals surface area contributed by atoms with Gasteiger partial charge in [0.1, 0.15) is 11.5 Å². The van der Waals surface area contributed by atoms with Crippen molar-refractivity contribution >= 4 is 56.7 Å². The molecule has 3 aliphatic rings. The van der Waals surface area contributed by atoms with Gasteiger partial charge in [-0.1, -0.05) is 49.0 Å². The van der Waals surface area contributed by atoms with Crippen LogP contribution >= 0.6 is 23.4 Å². The molecule has 7 nitrogen and oxygen atoms in total. The minimum atomic E-state index is -0.998. The minimum absolute atomic E-state index is 0.100. The predicted octanol–water partition coefficient (Wildman–Crippen LogP) is 8.41. The fourth-order valence-corrected chi connectivity index (χ4v) is 8.21. The number of carboxylic acid groups (broad SMARTS) is 1. The number of nitrogens with zero attached hydrogens (tertiary/aromatic N) is 2. The highest BCUT2D eigenvalue weighted by atomic mass is 35.5. The first kappa shape index (κ1) is 31.1. The van der Waals surface area contributed by atoms with E-state index in [1.54, 1.807) is 6.07 Å². The van der Waals surface area contributed by atoms with Gasteiger partial charge in [-0.05, 0) is 119 Å². The number of aromatic carboxylic acids is 1. The van der Waals surface area contributed by atoms with Crippen molar-refractivity contribution in [2.24, 2.45) is 16.6 Å². The van der Waals surface area contributed by atoms with E-state index in [4.69, 9.17) is 22.3 Å². The highest BCUT2D eigenvalue weighted by Crippen LogP contribution is 2.56. The van der Waals surface area contributed by atoms with Gasteiger partial charge in [-0.3, -0.25) is 0 Å². The average molecular weight is 632 g/mol. The Hall–Kier alpha value is -2.91. The van der Waals surface area contributed by atoms with Crippen LogP contribution in [0.25, 0.3) is 16.5 Å². The summed E-state index contributed by atoms with van der Waals surface area (Å²) in [5.41, 5.74) is 12.3. The predicted molar refractivity (Wildman–Crippen MR) is 183 cm³/mol. The van der Waals surface area contributed by atoms with Crippen molar-refractivity contribution in [3.8, 4) is 0 Å². The molecule has 232 valence electrons. The summed E-state index contributed by atoms with van der Waals surface area (Å²) in [6.45, 7) is 8.49. The summed E-state index contributed by atoms with van der Waals surface area (Å²) in [7, 11) is 2.06. The SMILES string of the molecule is C=C(C1=CCC(N)CCC1)c1c(N=C(C)Sc2ccc3c(C4CC(C5(NC)CC5)C4)cc(C(=O)O)nc3c2)[nH]c(CC)c1Cl. The highest BCUT2D eigenvalue weighted by molar-refractivity contribution is 8.13. The van der Waals surface area contributed by atoms with E-state index in [-0.39, 0.29) is 11.7 Å². The first-order valence-electron chi connectivity index (χ1n) is 15.8. The molecule has 0 saturated heterocycles. The Bertz CT molecular complexity index is 1680. The van der Waals surface area contributed by atoms with E-state index in [1.807, 2.05) is 13.0 Å². The van der Waals surface area contributed by atoms with Crippen molar-refractivity contribution in [3.05, 3.63) is 70.0 Å². The number of hydrogen-bond donors (Lipinski definition) is 4. The Morgan fingerprint density at radius 3 is 2.77 bits per heavy atom. The third kappa shape index (κ3) is 6.02. The molecule has 0 aliphatic heterocycles. The molecule has 1 atom stereocenters. The number of benzene rings is 1. The monoisotopic (exact) mass is 631 g/mol. The summed E-state index contributed by atoms with van der Waals surface area (Å²) in [5.74, 6) is 0.713. The van der Waals surface area contributed by atoms with Gasteiger partial charge in [0.05, 0.1) is 15.6 Å². The Labute approximate surface area is 268 Å². The van der Waals surface area contributed by atoms with Crippen LogP contribution in [-0.4, -0.2) is 44.7 Å². The molecule has 0 bridgehead atoms. The van der Waals surface area contributed by atoms with Gasteiger partial charge in [-0.15, -0.1) is 0 Å². The number of hydrogen-bond acceptors (Lipinski definition) is 6. The number of aryl methyl sites for hydroxylation is 1. The molecule has 2 heterocycles. The molecule has 0 radical (unpaired) electrons. The molecule has 2 saturated carbocycles. The molecule has 0 amide bonds. The number of thioether (sulfide) groups is 1. The molecule has 6 rings (SSSR count). The number of allylic oxidation sites excluding steroid dienone is 2. The third-order valence-electron chi connectivity index (χ3n) is 9.93. The normalized spacial score (nSPS) is 23.2. The molecule has 44 heavy (non-hydrogen) atoms. The fraction of sp³-hybridized carbons (Fsp3) is 0.457. The first-order valence-corrected chi connectivity index (χ1v) is 17.0. The number of rotatable bonds is 9. The second-order valence-electron chi connectivity index (χ2n) is 12.7. The van der Waals surface area contributed by atoms with Crippen LogP contribution in [0.15, 0.2) is 52.4 Å². The maximum Gasteiger partial charge on any atom is 0.354 e. The third-order valence-corrected chi connectivity index (χ3v) is 11.2. The van der Waals surface area contributed by atoms with Crippen LogP contribution in [0.3, 0.4) is 0 Å². The van der Waals surface area contributed by atoms with Gasteiger partial charge < -0.3 is 21.1 Å². The van der Waals surface area contributed by atoms with Gasteiger partial charge in [0.25, 0.3) is 0 Å². The maximum absolute atomic E-state index is 12.0. The Balaban J connectivity index is 1.27. The van der Waals surface area contributed by atoms with Gasteiger partial charge in [-0.2, -0.15) is 0 Å². The van der Waals surface area contributed by atoms with E-state index in [2.05, 4.69) is 54.0 Å². The molecular formula is C35H42ClN5O2S. The second kappa shape index (κ2) is 12.5. The van der Waals surface area contributed by atoms with Crippen molar-refractivity contribution in [3.63, 3.8) is 0 Å². The zero-order valence-electron chi connectivity index (χ0n) is 25.8. The molecule has 2 fully saturated rings. The van der Waals surface area contributed by atoms with Crippen molar-refractivity contribution in [1.29, 1.82) is 0 Å². The molecule has 0 spiro atoms. The summed E-state index contributed by atoms with van der Waals surface area (Å²) < 4.78 is 0. The number of aliphatic imine (C=N–C) groups is 1. The molecule has 1 unspecified atom stereocenters. The lowest BCUT2D eigenvalue weighted by Crippen LogP contribution is -2.42. The van der Waals surface area contributed by atoms with E-state index in [0.29, 0.717) is 33.7 Å². The van der Waals surface area contributed by atoms with Crippen LogP contribution in [0.5, 0.6) is 0 Å². The number of pyridine rings is 1. The summed E-state index contributed by atoms with van der Waals surface area (Å²) in [4.78, 5) is 25.9. The summed E-state index contributed by atoms with van der Waals surface area (Å²) >= 11 is 8.41. The number of halogens is 1. The molecule has 3 aliphatic carbocycles. The smallest absolute Gasteiger partial charge is 0.354 e. The van der Waals surface area contributed by atoms with Gasteiger partial charge in [0, 0.05) is 33.1 Å². The van der Waals surface area contributed by atoms with E-state index >= 15 is 0 Å². The Morgan fingerprint density at radius 2 is 2.09 bits per heavy atom. The van der Waals surface area contributed by atoms with E-state index in [0.717, 1.165) is 82.7 Å². The van der Waals surface area contributed by atoms with Gasteiger partial charge in [0.2, 0.25) is 0 Å². The van der Waals surface area contributed by atoms with Crippen molar-refractivity contribution < 1.29 is 9.90 Å². The average Bonchev–Trinajstić information content (AvgIpc) is 3.73. The second-order valence-corrected chi connectivity index (χ2v) is 14.3. The number of carbonyl (C=O) groups is 1. The number of carboxylic acids is 1. The first-order chi connectivity index (χ1) is 21.1. The van der Waals surface area contributed by atoms with Crippen LogP contribution < -0.4 is 11.1 Å². The molecule has 9 heteroatoms. The standard InChI is InChI=1S/C35H42ClN5O2S/c1-5-28-32(36)31(19(2)21-7-6-8-24(37)10-9-21)33(41-28)39-20(3)44-25-11-12-26-27(18-30(34(42)43)40-29(26)17-25)22-15-23(16-22)35(38-4)13-14-35/h9,11-12,17-18,22-24,38,41H,2,5-8,10,13-16,37H2,1,3-4H3,(H,42,43). The summed E-state index contributed by atoms with van der Waals surface area (Å²) in [6, 6.07) is 8.13. The van der Waals surface area contributed by atoms with Crippen molar-refractivity contribution in [1.82, 2.24) is 15.3 Å². The van der Waals surface area contributed by atoms with Crippen molar-refractivity contribution in [2.45, 2.75) is 94.0 Å². The lowest BCUT2D eigenvalue weighted by Gasteiger charge is -2.41. The van der Waals surface area contributed by atoms with Gasteiger partial charge in [0.15, 0.2) is 0 Å². The minimum Gasteiger partial charge on any atom is -0.477 e. The van der Waals surface area contributed by atoms with Gasteiger partial charge >= 0.3 is 5.97 Å². The van der Waals surface area contributed by atoms with E-state index in [1.165, 1.54) is 30.2 Å². The zero-order valence-corrected chi connectivity index (χ0v) is 27.4. The number of aromatic nitrogens is 2. The highest BCUT2D eigenvalue weighted by Gasteiger charge is 2.53. The number of nitrogens with one attached hydrogen (secondary N) is 2. The van der Waals surface area contributed by atoms with Crippen LogP contribution in [0.2, 0.25) is 5.02 Å². The lowest BCUT2D eigenvalue weighted by atomic mass is 9.66. The molecular weight excluding hydrogens is 590 g/mol. The van der Waals surface area contributed by atoms with Crippen LogP contribution in [0, 0.1) is 5.92 Å². The summed E-state index contributed by atoms with van der Waals surface area (Å²) in [5, 5.41) is 15.9. The molecule has 1 aromatic carbocycles. The number of H-pyrrole nitrogens is 1. The maximum atomic E-state index is 12.0. The van der Waals surface area contributed by atoms with Crippen molar-refractivity contribution in [2.75, 3.05) is 7.05 Å². The summed E-state index contributed by atoms with van der Waals surface area (Å²) in [6.07, 6.45) is 11.4. The lowest BCUT2D eigenvalue weighted by molar-refractivity contribution is 0.0690. The largest absolute Gasteiger partial charge is 0.477 e. The zero-order chi connectivity index (χ0) is 31.2. The fourth-order valence-electron chi connectivity index (χ4n) is 7.04. The van der Waals surface area contributed by atoms with Gasteiger partial charge in [-0.25, -0.2) is 14.8 Å². The molecule has 2 aromatic heterocycles. The topological polar surface area (TPSA) is 116 Å². The number of aromatic amines is 1. The van der Waals surface area contributed by atoms with Crippen LogP contribution in [-0.2, 0) is 6.42 Å². The number of fused-ring (bicyclic) bond motifs is 1. The van der Waals surface area contributed by atoms with Crippen LogP contribution in [0.4, 0.5) is 5.82 Å². The molecule has 5 N–H and O–H groups in total. The number of nitrogens with two attached hydrogens (primary N) is 1. The molecule has 3 aromatic rings. The quantitative estimate of drug-likeness (QED) is 0.107.